The van der Waals surface area contributed by atoms with Gasteiger partial charge >= 0.3 is 5.97 Å². The molecule has 1 aromatic carbocycles. The fourth-order valence-electron chi connectivity index (χ4n) is 2.50. The van der Waals surface area contributed by atoms with Crippen molar-refractivity contribution in [3.05, 3.63) is 39.9 Å². The van der Waals surface area contributed by atoms with E-state index in [1.54, 1.807) is 6.92 Å². The van der Waals surface area contributed by atoms with E-state index in [0.717, 1.165) is 0 Å². The minimum absolute atomic E-state index is 0.0252. The van der Waals surface area contributed by atoms with Crippen molar-refractivity contribution in [2.24, 2.45) is 5.92 Å². The zero-order valence-electron chi connectivity index (χ0n) is 13.2. The number of nitro benzene ring substituents is 1. The number of nitro groups is 1. The van der Waals surface area contributed by atoms with E-state index in [1.807, 2.05) is 6.26 Å². The van der Waals surface area contributed by atoms with Crippen LogP contribution in [0.1, 0.15) is 12.5 Å². The lowest BCUT2D eigenvalue weighted by Crippen LogP contribution is -2.63. The predicted molar refractivity (Wildman–Crippen MR) is 87.1 cm³/mol. The van der Waals surface area contributed by atoms with Crippen LogP contribution in [-0.2, 0) is 20.9 Å². The fourth-order valence-corrected chi connectivity index (χ4v) is 3.57. The lowest BCUT2D eigenvalue weighted by Gasteiger charge is -2.46. The lowest BCUT2D eigenvalue weighted by molar-refractivity contribution is -0.384. The first-order valence-corrected chi connectivity index (χ1v) is 8.54. The normalized spacial score (nSPS) is 21.1. The highest BCUT2D eigenvalue weighted by molar-refractivity contribution is 7.99. The molecule has 24 heavy (non-hydrogen) atoms. The number of benzene rings is 1. The number of likely N-dealkylation sites (tertiary alicyclic amines) is 1. The molecule has 1 aliphatic heterocycles. The van der Waals surface area contributed by atoms with Gasteiger partial charge in [0, 0.05) is 12.1 Å². The van der Waals surface area contributed by atoms with E-state index in [4.69, 9.17) is 4.74 Å². The van der Waals surface area contributed by atoms with Gasteiger partial charge in [-0.25, -0.2) is 0 Å². The first kappa shape index (κ1) is 18.2. The predicted octanol–water partition coefficient (Wildman–Crippen LogP) is 1.17. The van der Waals surface area contributed by atoms with Crippen LogP contribution >= 0.6 is 11.8 Å². The van der Waals surface area contributed by atoms with Crippen LogP contribution in [0.2, 0.25) is 0 Å². The summed E-state index contributed by atoms with van der Waals surface area (Å²) in [6, 6.07) is 5.68. The van der Waals surface area contributed by atoms with E-state index < -0.39 is 22.9 Å². The summed E-state index contributed by atoms with van der Waals surface area (Å²) in [6.45, 7) is 1.35. The van der Waals surface area contributed by atoms with Gasteiger partial charge in [0.25, 0.3) is 5.69 Å². The van der Waals surface area contributed by atoms with Gasteiger partial charge in [-0.1, -0.05) is 0 Å². The summed E-state index contributed by atoms with van der Waals surface area (Å²) >= 11 is 1.39. The number of hydrogen-bond acceptors (Lipinski definition) is 7. The third kappa shape index (κ3) is 3.85. The standard InChI is InChI=1S/C15H18N2O6S/c1-9(18)13-14(20)16(15(13)24-2)7-12(19)23-8-10-3-5-11(6-4-10)17(21)22/h3-6,9,13,15,18H,7-8H2,1-2H3/t9-,13+,15-/m1/s1. The molecule has 1 amide bonds. The van der Waals surface area contributed by atoms with Gasteiger partial charge in [0.1, 0.15) is 13.2 Å². The fraction of sp³-hybridized carbons (Fsp3) is 0.467. The van der Waals surface area contributed by atoms with E-state index in [-0.39, 0.29) is 30.1 Å². The molecule has 1 fully saturated rings. The molecule has 8 nitrogen and oxygen atoms in total. The number of hydrogen-bond donors (Lipinski definition) is 1. The van der Waals surface area contributed by atoms with Gasteiger partial charge in [0.15, 0.2) is 0 Å². The van der Waals surface area contributed by atoms with Gasteiger partial charge in [-0.15, -0.1) is 11.8 Å². The van der Waals surface area contributed by atoms with Crippen molar-refractivity contribution < 1.29 is 24.4 Å². The van der Waals surface area contributed by atoms with Crippen LogP contribution < -0.4 is 0 Å². The van der Waals surface area contributed by atoms with Crippen LogP contribution in [-0.4, -0.2) is 51.1 Å². The lowest BCUT2D eigenvalue weighted by atomic mass is 9.93. The molecule has 0 unspecified atom stereocenters. The number of rotatable bonds is 7. The number of nitrogens with zero attached hydrogens (tertiary/aromatic N) is 2. The maximum atomic E-state index is 12.0. The number of aliphatic hydroxyl groups excluding tert-OH is 1. The highest BCUT2D eigenvalue weighted by Gasteiger charge is 2.50. The van der Waals surface area contributed by atoms with Gasteiger partial charge in [-0.2, -0.15) is 0 Å². The monoisotopic (exact) mass is 354 g/mol. The number of aliphatic hydroxyl groups is 1. The van der Waals surface area contributed by atoms with Crippen molar-refractivity contribution in [2.75, 3.05) is 12.8 Å². The third-order valence-electron chi connectivity index (χ3n) is 3.79. The molecule has 2 rings (SSSR count). The molecule has 0 saturated carbocycles. The first-order valence-electron chi connectivity index (χ1n) is 7.25. The number of β-lactam (4-membered cyclic amide) rings is 1. The molecule has 1 saturated heterocycles. The molecule has 9 heteroatoms. The van der Waals surface area contributed by atoms with E-state index >= 15 is 0 Å². The molecule has 0 aromatic heterocycles. The minimum Gasteiger partial charge on any atom is -0.459 e. The minimum atomic E-state index is -0.762. The number of esters is 1. The van der Waals surface area contributed by atoms with Crippen molar-refractivity contribution in [1.82, 2.24) is 4.90 Å². The second-order valence-corrected chi connectivity index (χ2v) is 6.40. The number of non-ortho nitro benzene ring substituents is 1. The third-order valence-corrected chi connectivity index (χ3v) is 4.82. The zero-order chi connectivity index (χ0) is 17.9. The second-order valence-electron chi connectivity index (χ2n) is 5.44. The number of ether oxygens (including phenoxy) is 1. The van der Waals surface area contributed by atoms with Gasteiger partial charge in [0.2, 0.25) is 5.91 Å². The maximum Gasteiger partial charge on any atom is 0.326 e. The van der Waals surface area contributed by atoms with Crippen LogP contribution in [0, 0.1) is 16.0 Å². The molecule has 3 atom stereocenters. The molecule has 130 valence electrons. The van der Waals surface area contributed by atoms with Gasteiger partial charge < -0.3 is 14.7 Å². The molecular weight excluding hydrogens is 336 g/mol. The van der Waals surface area contributed by atoms with Crippen LogP contribution in [0.4, 0.5) is 5.69 Å². The van der Waals surface area contributed by atoms with Crippen molar-refractivity contribution in [2.45, 2.75) is 25.0 Å². The van der Waals surface area contributed by atoms with E-state index in [2.05, 4.69) is 0 Å². The number of carbonyl (C=O) groups excluding carboxylic acids is 2. The van der Waals surface area contributed by atoms with Crippen LogP contribution in [0.5, 0.6) is 0 Å². The largest absolute Gasteiger partial charge is 0.459 e. The molecule has 1 heterocycles. The molecule has 1 aromatic rings. The molecule has 0 radical (unpaired) electrons. The van der Waals surface area contributed by atoms with E-state index in [9.17, 15) is 24.8 Å². The Morgan fingerprint density at radius 2 is 2.08 bits per heavy atom. The summed E-state index contributed by atoms with van der Waals surface area (Å²) in [4.78, 5) is 35.3. The Bertz CT molecular complexity index is 633. The molecule has 1 N–H and O–H groups in total. The smallest absolute Gasteiger partial charge is 0.326 e. The highest BCUT2D eigenvalue weighted by Crippen LogP contribution is 2.35. The van der Waals surface area contributed by atoms with E-state index in [1.165, 1.54) is 40.9 Å². The van der Waals surface area contributed by atoms with Crippen molar-refractivity contribution in [3.8, 4) is 0 Å². The summed E-state index contributed by atoms with van der Waals surface area (Å²) in [6.07, 6.45) is 1.05. The summed E-state index contributed by atoms with van der Waals surface area (Å²) in [5.74, 6) is -1.33. The summed E-state index contributed by atoms with van der Waals surface area (Å²) < 4.78 is 5.10. The summed E-state index contributed by atoms with van der Waals surface area (Å²) in [7, 11) is 0. The Hall–Kier alpha value is -2.13. The summed E-state index contributed by atoms with van der Waals surface area (Å²) in [5, 5.41) is 19.9. The molecule has 0 bridgehead atoms. The zero-order valence-corrected chi connectivity index (χ0v) is 14.1. The van der Waals surface area contributed by atoms with Crippen molar-refractivity contribution >= 4 is 29.3 Å². The SMILES string of the molecule is CS[C@@H]1[C@@H]([C@@H](C)O)C(=O)N1CC(=O)OCc1ccc([N+](=O)[O-])cc1. The van der Waals surface area contributed by atoms with Gasteiger partial charge in [-0.3, -0.25) is 19.7 Å². The number of carbonyl (C=O) groups is 2. The van der Waals surface area contributed by atoms with Crippen LogP contribution in [0.3, 0.4) is 0 Å². The van der Waals surface area contributed by atoms with Crippen LogP contribution in [0.25, 0.3) is 0 Å². The Kier molecular flexibility index (Phi) is 5.79. The molecule has 0 spiro atoms. The Morgan fingerprint density at radius 1 is 1.46 bits per heavy atom. The van der Waals surface area contributed by atoms with Crippen molar-refractivity contribution in [1.29, 1.82) is 0 Å². The quantitative estimate of drug-likeness (QED) is 0.339. The Balaban J connectivity index is 1.85. The molecular formula is C15H18N2O6S. The molecule has 0 aliphatic carbocycles. The number of amides is 1. The summed E-state index contributed by atoms with van der Waals surface area (Å²) in [5.41, 5.74) is 0.579. The van der Waals surface area contributed by atoms with Crippen LogP contribution in [0.15, 0.2) is 24.3 Å². The average molecular weight is 354 g/mol. The Morgan fingerprint density at radius 3 is 2.58 bits per heavy atom. The average Bonchev–Trinajstić information content (AvgIpc) is 2.55. The van der Waals surface area contributed by atoms with Crippen molar-refractivity contribution in [3.63, 3.8) is 0 Å². The number of thioether (sulfide) groups is 1. The topological polar surface area (TPSA) is 110 Å². The Labute approximate surface area is 142 Å². The first-order chi connectivity index (χ1) is 11.3. The maximum absolute atomic E-state index is 12.0. The molecule has 1 aliphatic rings. The highest BCUT2D eigenvalue weighted by atomic mass is 32.2. The van der Waals surface area contributed by atoms with Gasteiger partial charge in [-0.05, 0) is 30.9 Å². The van der Waals surface area contributed by atoms with E-state index in [0.29, 0.717) is 5.56 Å². The van der Waals surface area contributed by atoms with Gasteiger partial charge in [0.05, 0.1) is 22.3 Å². The second kappa shape index (κ2) is 7.63.